The van der Waals surface area contributed by atoms with Gasteiger partial charge in [0.05, 0.1) is 0 Å². The molecule has 0 aliphatic carbocycles. The van der Waals surface area contributed by atoms with Crippen LogP contribution in [0, 0.1) is 6.92 Å². The minimum Gasteiger partial charge on any atom is -0.329 e. The van der Waals surface area contributed by atoms with Gasteiger partial charge >= 0.3 is 0 Å². The lowest BCUT2D eigenvalue weighted by Crippen LogP contribution is -2.51. The molecule has 1 atom stereocenters. The molecule has 1 aromatic heterocycles. The molecule has 3 N–H and O–H groups in total. The smallest absolute Gasteiger partial charge is 0.280 e. The minimum absolute atomic E-state index is 0.0604. The number of piperidine rings is 1. The number of hydrogen-bond acceptors (Lipinski definition) is 4. The van der Waals surface area contributed by atoms with Crippen LogP contribution in [-0.4, -0.2) is 31.9 Å². The van der Waals surface area contributed by atoms with E-state index in [9.17, 15) is 8.42 Å². The fourth-order valence-electron chi connectivity index (χ4n) is 2.35. The van der Waals surface area contributed by atoms with Crippen molar-refractivity contribution in [1.82, 2.24) is 9.03 Å². The summed E-state index contributed by atoms with van der Waals surface area (Å²) in [5.41, 5.74) is 7.84. The molecule has 1 aliphatic heterocycles. The molecule has 1 unspecified atom stereocenters. The van der Waals surface area contributed by atoms with E-state index in [1.165, 1.54) is 4.31 Å². The van der Waals surface area contributed by atoms with Gasteiger partial charge in [0.15, 0.2) is 0 Å². The molecule has 1 fully saturated rings. The van der Waals surface area contributed by atoms with Gasteiger partial charge in [-0.25, -0.2) is 0 Å². The van der Waals surface area contributed by atoms with Gasteiger partial charge in [-0.1, -0.05) is 6.42 Å². The summed E-state index contributed by atoms with van der Waals surface area (Å²) in [7, 11) is -3.43. The van der Waals surface area contributed by atoms with Gasteiger partial charge in [0, 0.05) is 25.7 Å². The minimum atomic E-state index is -3.43. The Morgan fingerprint density at radius 2 is 2.26 bits per heavy atom. The zero-order valence-electron chi connectivity index (χ0n) is 11.1. The third kappa shape index (κ3) is 3.55. The first-order valence-electron chi connectivity index (χ1n) is 6.53. The van der Waals surface area contributed by atoms with Crippen molar-refractivity contribution in [2.24, 2.45) is 5.73 Å². The predicted octanol–water partition coefficient (Wildman–Crippen LogP) is 1.20. The van der Waals surface area contributed by atoms with Crippen LogP contribution in [0.4, 0.5) is 0 Å². The Labute approximate surface area is 119 Å². The third-order valence-electron chi connectivity index (χ3n) is 3.56. The average molecular weight is 303 g/mol. The Morgan fingerprint density at radius 3 is 2.89 bits per heavy atom. The summed E-state index contributed by atoms with van der Waals surface area (Å²) in [6.45, 7) is 3.30. The monoisotopic (exact) mass is 303 g/mol. The molecule has 7 heteroatoms. The first-order chi connectivity index (χ1) is 9.04. The highest BCUT2D eigenvalue weighted by Crippen LogP contribution is 2.20. The number of nitrogens with two attached hydrogens (primary N) is 1. The molecule has 1 aliphatic rings. The van der Waals surface area contributed by atoms with Crippen LogP contribution in [0.5, 0.6) is 0 Å². The van der Waals surface area contributed by atoms with E-state index in [4.69, 9.17) is 5.73 Å². The Balaban J connectivity index is 2.03. The zero-order chi connectivity index (χ0) is 13.9. The van der Waals surface area contributed by atoms with Crippen LogP contribution >= 0.6 is 11.3 Å². The van der Waals surface area contributed by atoms with Crippen LogP contribution in [0.3, 0.4) is 0 Å². The van der Waals surface area contributed by atoms with Crippen molar-refractivity contribution < 1.29 is 8.42 Å². The van der Waals surface area contributed by atoms with Gasteiger partial charge < -0.3 is 5.73 Å². The van der Waals surface area contributed by atoms with Gasteiger partial charge in [-0.2, -0.15) is 28.8 Å². The summed E-state index contributed by atoms with van der Waals surface area (Å²) in [6.07, 6.45) is 2.82. The number of thiophene rings is 1. The maximum atomic E-state index is 12.3. The van der Waals surface area contributed by atoms with Gasteiger partial charge in [-0.3, -0.25) is 0 Å². The van der Waals surface area contributed by atoms with E-state index in [0.717, 1.165) is 30.4 Å². The van der Waals surface area contributed by atoms with E-state index in [1.807, 2.05) is 17.7 Å². The van der Waals surface area contributed by atoms with Crippen LogP contribution in [0.25, 0.3) is 0 Å². The van der Waals surface area contributed by atoms with Crippen molar-refractivity contribution in [1.29, 1.82) is 0 Å². The van der Waals surface area contributed by atoms with Gasteiger partial charge in [0.2, 0.25) is 0 Å². The molecule has 0 aromatic carbocycles. The lowest BCUT2D eigenvalue weighted by Gasteiger charge is -2.33. The topological polar surface area (TPSA) is 75.4 Å². The maximum Gasteiger partial charge on any atom is 0.280 e. The first kappa shape index (κ1) is 14.9. The molecule has 0 saturated carbocycles. The van der Waals surface area contributed by atoms with Crippen LogP contribution in [0.2, 0.25) is 0 Å². The van der Waals surface area contributed by atoms with Crippen molar-refractivity contribution in [2.45, 2.75) is 38.8 Å². The van der Waals surface area contributed by atoms with E-state index >= 15 is 0 Å². The van der Waals surface area contributed by atoms with Crippen molar-refractivity contribution >= 4 is 21.5 Å². The second-order valence-electron chi connectivity index (χ2n) is 4.90. The van der Waals surface area contributed by atoms with Crippen molar-refractivity contribution in [3.8, 4) is 0 Å². The van der Waals surface area contributed by atoms with Crippen molar-refractivity contribution in [3.63, 3.8) is 0 Å². The van der Waals surface area contributed by atoms with E-state index in [0.29, 0.717) is 19.6 Å². The number of nitrogens with zero attached hydrogens (tertiary/aromatic N) is 1. The summed E-state index contributed by atoms with van der Waals surface area (Å²) in [5, 5.41) is 4.00. The summed E-state index contributed by atoms with van der Waals surface area (Å²) in [4.78, 5) is 0. The van der Waals surface area contributed by atoms with Gasteiger partial charge in [0.25, 0.3) is 10.2 Å². The molecule has 108 valence electrons. The maximum absolute atomic E-state index is 12.3. The van der Waals surface area contributed by atoms with Crippen molar-refractivity contribution in [3.05, 3.63) is 21.9 Å². The Bertz CT molecular complexity index is 513. The normalized spacial score (nSPS) is 21.7. The number of aryl methyl sites for hydroxylation is 1. The Hall–Kier alpha value is -0.470. The molecule has 5 nitrogen and oxygen atoms in total. The molecule has 2 heterocycles. The molecule has 19 heavy (non-hydrogen) atoms. The highest BCUT2D eigenvalue weighted by molar-refractivity contribution is 7.87. The molecule has 1 saturated heterocycles. The SMILES string of the molecule is Cc1cscc1CNS(=O)(=O)N1CCCCC1CN. The van der Waals surface area contributed by atoms with Crippen molar-refractivity contribution in [2.75, 3.05) is 13.1 Å². The fraction of sp³-hybridized carbons (Fsp3) is 0.667. The third-order valence-corrected chi connectivity index (χ3v) is 6.08. The molecule has 0 amide bonds. The molecular formula is C12H21N3O2S2. The molecule has 1 aromatic rings. The van der Waals surface area contributed by atoms with Crippen LogP contribution < -0.4 is 10.5 Å². The average Bonchev–Trinajstić information content (AvgIpc) is 2.82. The summed E-state index contributed by atoms with van der Waals surface area (Å²) >= 11 is 1.59. The predicted molar refractivity (Wildman–Crippen MR) is 78.2 cm³/mol. The zero-order valence-corrected chi connectivity index (χ0v) is 12.8. The molecule has 2 rings (SSSR count). The molecule has 0 spiro atoms. The quantitative estimate of drug-likeness (QED) is 0.858. The van der Waals surface area contributed by atoms with Crippen LogP contribution in [0.15, 0.2) is 10.8 Å². The van der Waals surface area contributed by atoms with E-state index in [2.05, 4.69) is 4.72 Å². The van der Waals surface area contributed by atoms with E-state index in [1.54, 1.807) is 11.3 Å². The van der Waals surface area contributed by atoms with E-state index in [-0.39, 0.29) is 6.04 Å². The Morgan fingerprint density at radius 1 is 1.47 bits per heavy atom. The summed E-state index contributed by atoms with van der Waals surface area (Å²) in [5.74, 6) is 0. The number of nitrogens with one attached hydrogen (secondary N) is 1. The number of hydrogen-bond donors (Lipinski definition) is 2. The van der Waals surface area contributed by atoms with Crippen LogP contribution in [0.1, 0.15) is 30.4 Å². The summed E-state index contributed by atoms with van der Waals surface area (Å²) < 4.78 is 28.9. The van der Waals surface area contributed by atoms with Gasteiger partial charge in [0.1, 0.15) is 0 Å². The standard InChI is InChI=1S/C12H21N3O2S2/c1-10-8-18-9-11(10)7-14-19(16,17)15-5-3-2-4-12(15)6-13/h8-9,12,14H,2-7,13H2,1H3. The lowest BCUT2D eigenvalue weighted by atomic mass is 10.1. The van der Waals surface area contributed by atoms with Crippen LogP contribution in [-0.2, 0) is 16.8 Å². The fourth-order valence-corrected chi connectivity index (χ4v) is 4.66. The largest absolute Gasteiger partial charge is 0.329 e. The van der Waals surface area contributed by atoms with E-state index < -0.39 is 10.2 Å². The highest BCUT2D eigenvalue weighted by Gasteiger charge is 2.31. The summed E-state index contributed by atoms with van der Waals surface area (Å²) in [6, 6.07) is -0.0604. The van der Waals surface area contributed by atoms with Gasteiger partial charge in [-0.15, -0.1) is 0 Å². The highest BCUT2D eigenvalue weighted by atomic mass is 32.2. The first-order valence-corrected chi connectivity index (χ1v) is 8.91. The lowest BCUT2D eigenvalue weighted by molar-refractivity contribution is 0.254. The number of rotatable bonds is 5. The Kier molecular flexibility index (Phi) is 4.97. The molecular weight excluding hydrogens is 282 g/mol. The second-order valence-corrected chi connectivity index (χ2v) is 7.35. The molecule has 0 bridgehead atoms. The van der Waals surface area contributed by atoms with Gasteiger partial charge in [-0.05, 0) is 41.7 Å². The molecule has 0 radical (unpaired) electrons. The second kappa shape index (κ2) is 6.32.